The van der Waals surface area contributed by atoms with E-state index in [2.05, 4.69) is 15.0 Å². The second kappa shape index (κ2) is 10.00. The second-order valence-corrected chi connectivity index (χ2v) is 7.70. The van der Waals surface area contributed by atoms with Gasteiger partial charge >= 0.3 is 12.1 Å². The minimum Gasteiger partial charge on any atom is -0.460 e. The molecule has 7 nitrogen and oxygen atoms in total. The van der Waals surface area contributed by atoms with E-state index in [1.54, 1.807) is 6.92 Å². The molecule has 1 aromatic carbocycles. The number of alkyl halides is 3. The molecule has 1 aliphatic rings. The molecule has 2 rings (SSSR count). The molecule has 0 N–H and O–H groups in total. The number of thioether (sulfide) groups is 1. The van der Waals surface area contributed by atoms with Gasteiger partial charge in [0.15, 0.2) is 0 Å². The lowest BCUT2D eigenvalue weighted by Crippen LogP contribution is -2.55. The van der Waals surface area contributed by atoms with Crippen LogP contribution < -0.4 is 0 Å². The number of ether oxygens (including phenoxy) is 2. The number of esters is 1. The molecule has 11 heteroatoms. The molecular weight excluding hydrogens is 409 g/mol. The van der Waals surface area contributed by atoms with E-state index in [1.807, 2.05) is 6.92 Å². The Morgan fingerprint density at radius 1 is 1.34 bits per heavy atom. The lowest BCUT2D eigenvalue weighted by Gasteiger charge is -2.41. The van der Waals surface area contributed by atoms with Crippen LogP contribution in [0.4, 0.5) is 13.2 Å². The van der Waals surface area contributed by atoms with Gasteiger partial charge in [0, 0.05) is 18.1 Å². The van der Waals surface area contributed by atoms with Gasteiger partial charge in [-0.15, -0.1) is 11.8 Å². The molecule has 0 radical (unpaired) electrons. The highest BCUT2D eigenvalue weighted by molar-refractivity contribution is 7.99. The smallest absolute Gasteiger partial charge is 0.416 e. The molecule has 1 heterocycles. The zero-order valence-electron chi connectivity index (χ0n) is 16.0. The van der Waals surface area contributed by atoms with Crippen molar-refractivity contribution in [2.75, 3.05) is 5.75 Å². The highest BCUT2D eigenvalue weighted by atomic mass is 32.2. The van der Waals surface area contributed by atoms with Crippen molar-refractivity contribution in [3.05, 3.63) is 45.8 Å². The number of hydrogen-bond acceptors (Lipinski definition) is 6. The molecule has 0 spiro atoms. The molecule has 158 valence electrons. The number of azide groups is 1. The Hall–Kier alpha value is -2.23. The fourth-order valence-electron chi connectivity index (χ4n) is 2.93. The minimum absolute atomic E-state index is 0.443. The van der Waals surface area contributed by atoms with Crippen LogP contribution in [-0.4, -0.2) is 47.7 Å². The maximum Gasteiger partial charge on any atom is 0.416 e. The fraction of sp³-hybridized carbons (Fsp3) is 0.556. The SMILES string of the molecule is CCS[C@@H]1O[C@H](C)[C@H](N=[N+]=[N-])[C@H](OC(C)=O)[C@H]1N=Cc1ccc(C(F)(F)F)cc1. The standard InChI is InChI=1S/C18H21F3N4O3S/c1-4-29-17-15(16(28-11(3)26)14(24-25-22)10(2)27-17)23-9-12-5-7-13(8-6-12)18(19,20)21/h5-10,14-17H,4H2,1-3H3/t10-,14+,15-,16+,17+/m1/s1. The van der Waals surface area contributed by atoms with Crippen LogP contribution in [0.1, 0.15) is 31.9 Å². The Morgan fingerprint density at radius 3 is 2.52 bits per heavy atom. The predicted octanol–water partition coefficient (Wildman–Crippen LogP) is 4.60. The molecule has 29 heavy (non-hydrogen) atoms. The number of aliphatic imine (C=N–C) groups is 1. The maximum absolute atomic E-state index is 12.7. The van der Waals surface area contributed by atoms with E-state index in [4.69, 9.17) is 15.0 Å². The maximum atomic E-state index is 12.7. The largest absolute Gasteiger partial charge is 0.460 e. The van der Waals surface area contributed by atoms with Gasteiger partial charge in [0.1, 0.15) is 23.6 Å². The Labute approximate surface area is 170 Å². The van der Waals surface area contributed by atoms with E-state index >= 15 is 0 Å². The molecule has 0 amide bonds. The second-order valence-electron chi connectivity index (χ2n) is 6.32. The zero-order valence-corrected chi connectivity index (χ0v) is 16.9. The van der Waals surface area contributed by atoms with Crippen LogP contribution in [0.2, 0.25) is 0 Å². The van der Waals surface area contributed by atoms with Gasteiger partial charge in [0.2, 0.25) is 0 Å². The molecule has 0 bridgehead atoms. The Balaban J connectivity index is 2.35. The summed E-state index contributed by atoms with van der Waals surface area (Å²) in [7, 11) is 0. The topological polar surface area (TPSA) is 96.6 Å². The lowest BCUT2D eigenvalue weighted by molar-refractivity contribution is -0.159. The van der Waals surface area contributed by atoms with E-state index in [0.29, 0.717) is 11.3 Å². The van der Waals surface area contributed by atoms with Crippen molar-refractivity contribution in [2.45, 2.75) is 56.7 Å². The quantitative estimate of drug-likeness (QED) is 0.217. The first kappa shape index (κ1) is 23.1. The van der Waals surface area contributed by atoms with Crippen molar-refractivity contribution in [1.82, 2.24) is 0 Å². The number of carbonyl (C=O) groups is 1. The normalized spacial score (nSPS) is 27.4. The van der Waals surface area contributed by atoms with Gasteiger partial charge in [-0.05, 0) is 35.9 Å². The highest BCUT2D eigenvalue weighted by Gasteiger charge is 2.46. The first-order valence-corrected chi connectivity index (χ1v) is 9.91. The number of carbonyl (C=O) groups excluding carboxylic acids is 1. The average molecular weight is 430 g/mol. The third-order valence-corrected chi connectivity index (χ3v) is 5.29. The van der Waals surface area contributed by atoms with Crippen LogP contribution in [0.5, 0.6) is 0 Å². The summed E-state index contributed by atoms with van der Waals surface area (Å²) in [6, 6.07) is 3.04. The minimum atomic E-state index is -4.42. The van der Waals surface area contributed by atoms with Crippen molar-refractivity contribution in [2.24, 2.45) is 10.1 Å². The average Bonchev–Trinajstić information content (AvgIpc) is 2.64. The van der Waals surface area contributed by atoms with Crippen molar-refractivity contribution in [1.29, 1.82) is 0 Å². The van der Waals surface area contributed by atoms with Gasteiger partial charge in [-0.3, -0.25) is 9.79 Å². The van der Waals surface area contributed by atoms with Gasteiger partial charge in [-0.25, -0.2) is 0 Å². The molecule has 0 aliphatic carbocycles. The molecule has 1 fully saturated rings. The van der Waals surface area contributed by atoms with E-state index < -0.39 is 47.4 Å². The molecule has 0 aromatic heterocycles. The summed E-state index contributed by atoms with van der Waals surface area (Å²) in [6.45, 7) is 4.89. The molecule has 1 aromatic rings. The van der Waals surface area contributed by atoms with E-state index in [9.17, 15) is 18.0 Å². The molecule has 0 unspecified atom stereocenters. The van der Waals surface area contributed by atoms with Crippen LogP contribution in [0, 0.1) is 0 Å². The molecule has 5 atom stereocenters. The summed E-state index contributed by atoms with van der Waals surface area (Å²) in [5.74, 6) is 0.139. The van der Waals surface area contributed by atoms with E-state index in [1.165, 1.54) is 37.0 Å². The number of rotatable bonds is 6. The summed E-state index contributed by atoms with van der Waals surface area (Å²) >= 11 is 1.45. The third kappa shape index (κ3) is 6.12. The highest BCUT2D eigenvalue weighted by Crippen LogP contribution is 2.34. The summed E-state index contributed by atoms with van der Waals surface area (Å²) in [6.07, 6.45) is -4.38. The number of benzene rings is 1. The van der Waals surface area contributed by atoms with Gasteiger partial charge in [0.05, 0.1) is 11.7 Å². The summed E-state index contributed by atoms with van der Waals surface area (Å²) in [5, 5.41) is 3.71. The third-order valence-electron chi connectivity index (χ3n) is 4.23. The van der Waals surface area contributed by atoms with Gasteiger partial charge in [-0.1, -0.05) is 24.2 Å². The van der Waals surface area contributed by atoms with Gasteiger partial charge in [-0.2, -0.15) is 13.2 Å². The molecular formula is C18H21F3N4O3S. The van der Waals surface area contributed by atoms with Crippen molar-refractivity contribution >= 4 is 23.9 Å². The van der Waals surface area contributed by atoms with Crippen LogP contribution >= 0.6 is 11.8 Å². The molecule has 0 saturated carbocycles. The number of hydrogen-bond donors (Lipinski definition) is 0. The first-order chi connectivity index (χ1) is 13.7. The zero-order chi connectivity index (χ0) is 21.6. The Kier molecular flexibility index (Phi) is 7.95. The van der Waals surface area contributed by atoms with E-state index in [-0.39, 0.29) is 0 Å². The van der Waals surface area contributed by atoms with Gasteiger partial charge < -0.3 is 9.47 Å². The molecule has 1 saturated heterocycles. The monoisotopic (exact) mass is 430 g/mol. The predicted molar refractivity (Wildman–Crippen MR) is 104 cm³/mol. The lowest BCUT2D eigenvalue weighted by atomic mass is 9.96. The van der Waals surface area contributed by atoms with Crippen LogP contribution in [0.15, 0.2) is 34.4 Å². The van der Waals surface area contributed by atoms with Crippen LogP contribution in [0.3, 0.4) is 0 Å². The van der Waals surface area contributed by atoms with Gasteiger partial charge in [0.25, 0.3) is 0 Å². The Bertz CT molecular complexity index is 782. The van der Waals surface area contributed by atoms with Crippen molar-refractivity contribution in [3.8, 4) is 0 Å². The fourth-order valence-corrected chi connectivity index (χ4v) is 3.94. The van der Waals surface area contributed by atoms with E-state index in [0.717, 1.165) is 12.1 Å². The summed E-state index contributed by atoms with van der Waals surface area (Å²) in [4.78, 5) is 18.9. The van der Waals surface area contributed by atoms with Crippen LogP contribution in [0.25, 0.3) is 10.4 Å². The summed E-state index contributed by atoms with van der Waals surface area (Å²) < 4.78 is 49.5. The molecule has 1 aliphatic heterocycles. The van der Waals surface area contributed by atoms with Crippen molar-refractivity contribution < 1.29 is 27.4 Å². The number of nitrogens with zero attached hydrogens (tertiary/aromatic N) is 4. The van der Waals surface area contributed by atoms with Crippen molar-refractivity contribution in [3.63, 3.8) is 0 Å². The van der Waals surface area contributed by atoms with Crippen LogP contribution in [-0.2, 0) is 20.4 Å². The summed E-state index contributed by atoms with van der Waals surface area (Å²) in [5.41, 5.74) is 8.08. The first-order valence-electron chi connectivity index (χ1n) is 8.86. The Morgan fingerprint density at radius 2 is 2.00 bits per heavy atom. The number of halogens is 3.